The summed E-state index contributed by atoms with van der Waals surface area (Å²) in [6.07, 6.45) is -1.38. The van der Waals surface area contributed by atoms with Crippen LogP contribution in [0.15, 0.2) is 41.4 Å². The van der Waals surface area contributed by atoms with Crippen molar-refractivity contribution in [1.82, 2.24) is 10.2 Å². The Bertz CT molecular complexity index is 1320. The first-order valence-corrected chi connectivity index (χ1v) is 13.6. The molecule has 0 spiro atoms. The maximum Gasteiger partial charge on any atom is 0.437 e. The fourth-order valence-corrected chi connectivity index (χ4v) is 3.71. The van der Waals surface area contributed by atoms with Gasteiger partial charge >= 0.3 is 12.2 Å². The summed E-state index contributed by atoms with van der Waals surface area (Å²) in [4.78, 5) is 31.2. The Balaban J connectivity index is 2.62. The molecule has 2 rings (SSSR count). The molecule has 1 unspecified atom stereocenters. The Morgan fingerprint density at radius 2 is 1.42 bits per heavy atom. The highest BCUT2D eigenvalue weighted by atomic mass is 16.6. The third-order valence-corrected chi connectivity index (χ3v) is 5.63. The number of likely N-dealkylation sites (N-methyl/N-ethyl adjacent to an activating group) is 1. The lowest BCUT2D eigenvalue weighted by molar-refractivity contribution is 0.0554. The van der Waals surface area contributed by atoms with E-state index < -0.39 is 29.4 Å². The molecule has 11 nitrogen and oxygen atoms in total. The molecule has 0 aromatic heterocycles. The first kappa shape index (κ1) is 34.6. The van der Waals surface area contributed by atoms with Gasteiger partial charge in [-0.3, -0.25) is 5.32 Å². The van der Waals surface area contributed by atoms with Gasteiger partial charge in [-0.25, -0.2) is 9.59 Å². The van der Waals surface area contributed by atoms with Gasteiger partial charge in [0.15, 0.2) is 11.5 Å². The summed E-state index contributed by atoms with van der Waals surface area (Å²) in [5.41, 5.74) is -0.0808. The second kappa shape index (κ2) is 15.0. The molecule has 0 aliphatic carbocycles. The van der Waals surface area contributed by atoms with Crippen LogP contribution in [0.4, 0.5) is 9.59 Å². The summed E-state index contributed by atoms with van der Waals surface area (Å²) in [6, 6.07) is 10.3. The molecule has 0 heterocycles. The van der Waals surface area contributed by atoms with E-state index >= 15 is 0 Å². The molecule has 0 fully saturated rings. The number of nitrogens with zero attached hydrogens (tertiary/aromatic N) is 2. The molecule has 1 N–H and O–H groups in total. The van der Waals surface area contributed by atoms with Crippen LogP contribution < -0.4 is 24.3 Å². The number of rotatable bonds is 7. The topological polar surface area (TPSA) is 117 Å². The Labute approximate surface area is 254 Å². The van der Waals surface area contributed by atoms with Crippen molar-refractivity contribution < 1.29 is 38.0 Å². The zero-order valence-corrected chi connectivity index (χ0v) is 26.9. The Kier molecular flexibility index (Phi) is 12.1. The van der Waals surface area contributed by atoms with Gasteiger partial charge in [-0.2, -0.15) is 0 Å². The van der Waals surface area contributed by atoms with Gasteiger partial charge in [0.2, 0.25) is 11.7 Å². The predicted octanol–water partition coefficient (Wildman–Crippen LogP) is 5.43. The van der Waals surface area contributed by atoms with Crippen molar-refractivity contribution >= 4 is 18.1 Å². The molecule has 0 saturated carbocycles. The van der Waals surface area contributed by atoms with Crippen molar-refractivity contribution in [3.05, 3.63) is 47.5 Å². The summed E-state index contributed by atoms with van der Waals surface area (Å²) < 4.78 is 32.6. The van der Waals surface area contributed by atoms with Gasteiger partial charge in [-0.15, -0.1) is 4.99 Å². The number of nitrogens with one attached hydrogen (secondary N) is 1. The van der Waals surface area contributed by atoms with Gasteiger partial charge < -0.3 is 33.3 Å². The minimum atomic E-state index is -0.889. The molecule has 2 aromatic carbocycles. The number of hydrogen-bond donors (Lipinski definition) is 1. The monoisotopic (exact) mass is 597 g/mol. The van der Waals surface area contributed by atoms with Crippen molar-refractivity contribution in [2.75, 3.05) is 35.5 Å². The molecule has 43 heavy (non-hydrogen) atoms. The highest BCUT2D eigenvalue weighted by Crippen LogP contribution is 2.38. The van der Waals surface area contributed by atoms with E-state index in [4.69, 9.17) is 28.4 Å². The van der Waals surface area contributed by atoms with Crippen LogP contribution in [0.2, 0.25) is 0 Å². The van der Waals surface area contributed by atoms with Gasteiger partial charge in [-0.05, 0) is 83.5 Å². The summed E-state index contributed by atoms with van der Waals surface area (Å²) >= 11 is 0. The van der Waals surface area contributed by atoms with E-state index in [0.29, 0.717) is 29.4 Å². The Hall–Kier alpha value is -4.59. The second-order valence-corrected chi connectivity index (χ2v) is 11.4. The lowest BCUT2D eigenvalue weighted by Gasteiger charge is -2.29. The number of ether oxygens (including phenoxy) is 6. The van der Waals surface area contributed by atoms with Crippen LogP contribution in [0.25, 0.3) is 0 Å². The second-order valence-electron chi connectivity index (χ2n) is 11.4. The number of benzene rings is 2. The molecule has 0 bridgehead atoms. The van der Waals surface area contributed by atoms with Crippen molar-refractivity contribution in [1.29, 1.82) is 0 Å². The van der Waals surface area contributed by atoms with Crippen LogP contribution in [0.3, 0.4) is 0 Å². The Morgan fingerprint density at radius 3 is 1.88 bits per heavy atom. The molecule has 1 atom stereocenters. The van der Waals surface area contributed by atoms with Gasteiger partial charge in [0, 0.05) is 19.0 Å². The maximum absolute atomic E-state index is 12.8. The fourth-order valence-electron chi connectivity index (χ4n) is 3.71. The van der Waals surface area contributed by atoms with Gasteiger partial charge in [-0.1, -0.05) is 11.8 Å². The smallest absolute Gasteiger partial charge is 0.437 e. The predicted molar refractivity (Wildman–Crippen MR) is 164 cm³/mol. The highest BCUT2D eigenvalue weighted by Gasteiger charge is 2.26. The largest absolute Gasteiger partial charge is 0.497 e. The van der Waals surface area contributed by atoms with Crippen LogP contribution >= 0.6 is 0 Å². The molecular weight excluding hydrogens is 554 g/mol. The molecule has 0 aliphatic rings. The third-order valence-electron chi connectivity index (χ3n) is 5.63. The molecule has 0 aliphatic heterocycles. The van der Waals surface area contributed by atoms with Gasteiger partial charge in [0.1, 0.15) is 17.0 Å². The van der Waals surface area contributed by atoms with E-state index in [1.165, 1.54) is 21.3 Å². The zero-order valence-electron chi connectivity index (χ0n) is 26.9. The van der Waals surface area contributed by atoms with Crippen LogP contribution in [-0.4, -0.2) is 75.8 Å². The van der Waals surface area contributed by atoms with Crippen molar-refractivity contribution in [2.45, 2.75) is 65.2 Å². The van der Waals surface area contributed by atoms with Crippen molar-refractivity contribution in [3.8, 4) is 34.8 Å². The average molecular weight is 598 g/mol. The highest BCUT2D eigenvalue weighted by molar-refractivity contribution is 5.99. The minimum absolute atomic E-state index is 0.107. The van der Waals surface area contributed by atoms with Crippen molar-refractivity contribution in [3.63, 3.8) is 0 Å². The van der Waals surface area contributed by atoms with Crippen LogP contribution in [0.5, 0.6) is 23.0 Å². The van der Waals surface area contributed by atoms with E-state index in [0.717, 1.165) is 11.1 Å². The molecule has 0 saturated heterocycles. The summed E-state index contributed by atoms with van der Waals surface area (Å²) in [6.45, 7) is 10.4. The minimum Gasteiger partial charge on any atom is -0.497 e. The van der Waals surface area contributed by atoms with Gasteiger partial charge in [0.05, 0.1) is 34.5 Å². The quantitative estimate of drug-likeness (QED) is 0.253. The fraction of sp³-hybridized carbons (Fsp3) is 0.469. The van der Waals surface area contributed by atoms with Gasteiger partial charge in [0.25, 0.3) is 0 Å². The molecule has 11 heteroatoms. The SMILES string of the molecule is COc1ccc(C#CC(Cc2cc(OC)c(OC)c(OC)c2)N(C)/C(=N/C(=O)OC(C)(C)C)NC(=O)OC(C)(C)C)cc1. The lowest BCUT2D eigenvalue weighted by atomic mass is 10.0. The normalized spacial score (nSPS) is 12.2. The maximum atomic E-state index is 12.8. The number of carbonyl (C=O) groups is 2. The first-order chi connectivity index (χ1) is 20.1. The molecule has 2 aromatic rings. The van der Waals surface area contributed by atoms with E-state index in [9.17, 15) is 9.59 Å². The number of hydrogen-bond acceptors (Lipinski definition) is 8. The van der Waals surface area contributed by atoms with Crippen LogP contribution in [-0.2, 0) is 15.9 Å². The van der Waals surface area contributed by atoms with Crippen LogP contribution in [0, 0.1) is 11.8 Å². The van der Waals surface area contributed by atoms with E-state index in [1.54, 1.807) is 72.7 Å². The first-order valence-electron chi connectivity index (χ1n) is 13.6. The zero-order chi connectivity index (χ0) is 32.4. The van der Waals surface area contributed by atoms with Crippen molar-refractivity contribution in [2.24, 2.45) is 4.99 Å². The number of methoxy groups -OCH3 is 4. The average Bonchev–Trinajstić information content (AvgIpc) is 2.92. The number of amides is 2. The number of alkyl carbamates (subject to hydrolysis) is 1. The molecule has 0 radical (unpaired) electrons. The third kappa shape index (κ3) is 11.3. The van der Waals surface area contributed by atoms with E-state index in [-0.39, 0.29) is 5.96 Å². The summed E-state index contributed by atoms with van der Waals surface area (Å²) in [5, 5.41) is 2.59. The standard InChI is InChI=1S/C32H43N3O8/c1-31(2,3)42-29(36)33-28(34-30(37)43-32(4,5)6)35(7)23(15-12-21-13-16-24(38-8)17-14-21)18-22-19-25(39-9)27(41-11)26(20-22)40-10/h13-14,16-17,19-20,23H,18H2,1-11H3,(H,33,34,36,37). The van der Waals surface area contributed by atoms with Crippen LogP contribution in [0.1, 0.15) is 52.7 Å². The molecule has 234 valence electrons. The lowest BCUT2D eigenvalue weighted by Crippen LogP contribution is -2.49. The molecule has 2 amide bonds. The Morgan fingerprint density at radius 1 is 0.860 bits per heavy atom. The number of carbonyl (C=O) groups excluding carboxylic acids is 2. The summed E-state index contributed by atoms with van der Waals surface area (Å²) in [5.74, 6) is 8.39. The molecular formula is C32H43N3O8. The number of guanidine groups is 1. The summed E-state index contributed by atoms with van der Waals surface area (Å²) in [7, 11) is 7.84. The van der Waals surface area contributed by atoms with E-state index in [1.807, 2.05) is 24.3 Å². The number of aliphatic imine (C=N–C) groups is 1. The van der Waals surface area contributed by atoms with E-state index in [2.05, 4.69) is 22.2 Å².